The van der Waals surface area contributed by atoms with Crippen LogP contribution in [0.4, 0.5) is 5.69 Å². The largest absolute Gasteiger partial charge is 0.494 e. The van der Waals surface area contributed by atoms with Crippen LogP contribution in [-0.4, -0.2) is 31.3 Å². The smallest absolute Gasteiger partial charge is 0.173 e. The molecule has 0 aliphatic rings. The number of alkyl halides is 1. The fraction of sp³-hybridized carbons (Fsp3) is 0.588. The number of nitrogens with zero attached hydrogens (tertiary/aromatic N) is 1. The highest BCUT2D eigenvalue weighted by Gasteiger charge is 2.25. The van der Waals surface area contributed by atoms with Gasteiger partial charge in [0, 0.05) is 24.2 Å². The Labute approximate surface area is 136 Å². The van der Waals surface area contributed by atoms with Crippen molar-refractivity contribution in [2.75, 3.05) is 30.4 Å². The van der Waals surface area contributed by atoms with Crippen molar-refractivity contribution in [1.82, 2.24) is 0 Å². The number of carbonyl (C=O) groups is 1. The molecule has 0 aromatic heterocycles. The zero-order chi connectivity index (χ0) is 16.2. The molecule has 0 atom stereocenters. The number of ether oxygens (including phenoxy) is 1. The lowest BCUT2D eigenvalue weighted by Gasteiger charge is -2.29. The average Bonchev–Trinajstić information content (AvgIpc) is 2.45. The molecule has 0 aliphatic heterocycles. The van der Waals surface area contributed by atoms with E-state index in [-0.39, 0.29) is 11.2 Å². The molecule has 118 valence electrons. The van der Waals surface area contributed by atoms with Crippen molar-refractivity contribution in [3.63, 3.8) is 0 Å². The second-order valence-electron chi connectivity index (χ2n) is 6.06. The van der Waals surface area contributed by atoms with Crippen molar-refractivity contribution in [1.29, 1.82) is 0 Å². The summed E-state index contributed by atoms with van der Waals surface area (Å²) in [7, 11) is 1.70. The molecule has 4 heteroatoms. The Kier molecular flexibility index (Phi) is 6.26. The minimum Gasteiger partial charge on any atom is -0.494 e. The molecule has 0 radical (unpaired) electrons. The van der Waals surface area contributed by atoms with Gasteiger partial charge in [0.2, 0.25) is 0 Å². The number of rotatable bonds is 6. The van der Waals surface area contributed by atoms with Crippen LogP contribution in [0.5, 0.6) is 5.75 Å². The molecule has 0 fully saturated rings. The van der Waals surface area contributed by atoms with E-state index in [2.05, 4.69) is 55.4 Å². The van der Waals surface area contributed by atoms with Crippen molar-refractivity contribution in [2.24, 2.45) is 0 Å². The van der Waals surface area contributed by atoms with Crippen LogP contribution < -0.4 is 9.64 Å². The minimum absolute atomic E-state index is 0.0875. The zero-order valence-corrected chi connectivity index (χ0v) is 15.5. The standard InChI is InChI=1S/C17H26BrNO2/c1-7-19(8-2)14-10-12(15(20)11-18)9-13(16(14)21-6)17(3,4)5/h9-10H,7-8,11H2,1-6H3. The van der Waals surface area contributed by atoms with Crippen LogP contribution in [0, 0.1) is 0 Å². The average molecular weight is 356 g/mol. The van der Waals surface area contributed by atoms with Crippen LogP contribution >= 0.6 is 15.9 Å². The summed E-state index contributed by atoms with van der Waals surface area (Å²) < 4.78 is 5.69. The van der Waals surface area contributed by atoms with Crippen molar-refractivity contribution < 1.29 is 9.53 Å². The third kappa shape index (κ3) is 4.00. The molecular weight excluding hydrogens is 330 g/mol. The Balaban J connectivity index is 3.63. The third-order valence-electron chi connectivity index (χ3n) is 3.63. The summed E-state index contributed by atoms with van der Waals surface area (Å²) in [5.41, 5.74) is 2.72. The fourth-order valence-electron chi connectivity index (χ4n) is 2.42. The second kappa shape index (κ2) is 7.30. The van der Waals surface area contributed by atoms with Gasteiger partial charge in [0.25, 0.3) is 0 Å². The number of ketones is 1. The molecule has 0 saturated carbocycles. The van der Waals surface area contributed by atoms with Crippen molar-refractivity contribution in [2.45, 2.75) is 40.0 Å². The number of anilines is 1. The minimum atomic E-state index is -0.0875. The van der Waals surface area contributed by atoms with Crippen LogP contribution in [0.25, 0.3) is 0 Å². The van der Waals surface area contributed by atoms with E-state index in [0.29, 0.717) is 5.33 Å². The summed E-state index contributed by atoms with van der Waals surface area (Å²) in [6, 6.07) is 3.92. The van der Waals surface area contributed by atoms with Gasteiger partial charge in [0.1, 0.15) is 5.75 Å². The monoisotopic (exact) mass is 355 g/mol. The van der Waals surface area contributed by atoms with E-state index in [1.165, 1.54) is 0 Å². The molecule has 0 aliphatic carbocycles. The summed E-state index contributed by atoms with van der Waals surface area (Å²) in [4.78, 5) is 14.4. The maximum atomic E-state index is 12.1. The molecule has 0 unspecified atom stereocenters. The van der Waals surface area contributed by atoms with Crippen LogP contribution in [0.3, 0.4) is 0 Å². The number of benzene rings is 1. The van der Waals surface area contributed by atoms with Gasteiger partial charge in [-0.1, -0.05) is 36.7 Å². The van der Waals surface area contributed by atoms with E-state index < -0.39 is 0 Å². The van der Waals surface area contributed by atoms with Gasteiger partial charge < -0.3 is 9.64 Å². The summed E-state index contributed by atoms with van der Waals surface area (Å²) in [5, 5.41) is 0.334. The molecule has 0 amide bonds. The summed E-state index contributed by atoms with van der Waals surface area (Å²) in [6.07, 6.45) is 0. The number of methoxy groups -OCH3 is 1. The highest BCUT2D eigenvalue weighted by molar-refractivity contribution is 9.09. The molecule has 1 aromatic rings. The van der Waals surface area contributed by atoms with Gasteiger partial charge in [-0.25, -0.2) is 0 Å². The number of hydrogen-bond acceptors (Lipinski definition) is 3. The first kappa shape index (κ1) is 18.0. The molecule has 0 N–H and O–H groups in total. The molecule has 1 aromatic carbocycles. The van der Waals surface area contributed by atoms with E-state index in [1.807, 2.05) is 12.1 Å². The summed E-state index contributed by atoms with van der Waals surface area (Å²) >= 11 is 3.26. The normalized spacial score (nSPS) is 11.4. The van der Waals surface area contributed by atoms with E-state index in [9.17, 15) is 4.79 Å². The molecule has 0 spiro atoms. The van der Waals surface area contributed by atoms with E-state index in [1.54, 1.807) is 7.11 Å². The quantitative estimate of drug-likeness (QED) is 0.558. The molecule has 1 rings (SSSR count). The predicted octanol–water partition coefficient (Wildman–Crippen LogP) is 4.42. The topological polar surface area (TPSA) is 29.5 Å². The first-order valence-electron chi connectivity index (χ1n) is 7.36. The van der Waals surface area contributed by atoms with Gasteiger partial charge >= 0.3 is 0 Å². The molecule has 21 heavy (non-hydrogen) atoms. The van der Waals surface area contributed by atoms with Gasteiger partial charge in [0.15, 0.2) is 5.78 Å². The van der Waals surface area contributed by atoms with Crippen molar-refractivity contribution in [3.05, 3.63) is 23.3 Å². The number of Topliss-reactive ketones (excluding diaryl/α,β-unsaturated/α-hetero) is 1. The molecular formula is C17H26BrNO2. The molecule has 3 nitrogen and oxygen atoms in total. The lowest BCUT2D eigenvalue weighted by atomic mass is 9.84. The van der Waals surface area contributed by atoms with E-state index >= 15 is 0 Å². The Bertz CT molecular complexity index is 502. The summed E-state index contributed by atoms with van der Waals surface area (Å²) in [5.74, 6) is 0.967. The van der Waals surface area contributed by atoms with Gasteiger partial charge in [-0.3, -0.25) is 4.79 Å². The van der Waals surface area contributed by atoms with Crippen LogP contribution in [0.2, 0.25) is 0 Å². The molecule has 0 heterocycles. The molecule has 0 bridgehead atoms. The van der Waals surface area contributed by atoms with Gasteiger partial charge in [-0.05, 0) is 31.4 Å². The zero-order valence-electron chi connectivity index (χ0n) is 13.9. The first-order chi connectivity index (χ1) is 9.79. The Morgan fingerprint density at radius 3 is 2.19 bits per heavy atom. The van der Waals surface area contributed by atoms with Crippen LogP contribution in [0.15, 0.2) is 12.1 Å². The SMILES string of the molecule is CCN(CC)c1cc(C(=O)CBr)cc(C(C)(C)C)c1OC. The maximum absolute atomic E-state index is 12.1. The Hall–Kier alpha value is -1.03. The highest BCUT2D eigenvalue weighted by Crippen LogP contribution is 2.40. The predicted molar refractivity (Wildman–Crippen MR) is 93.4 cm³/mol. The van der Waals surface area contributed by atoms with Gasteiger partial charge in [-0.15, -0.1) is 0 Å². The van der Waals surface area contributed by atoms with Crippen molar-refractivity contribution >= 4 is 27.4 Å². The number of halogens is 1. The van der Waals surface area contributed by atoms with Crippen LogP contribution in [0.1, 0.15) is 50.5 Å². The number of carbonyl (C=O) groups excluding carboxylic acids is 1. The van der Waals surface area contributed by atoms with Gasteiger partial charge in [0.05, 0.1) is 18.1 Å². The Morgan fingerprint density at radius 2 is 1.81 bits per heavy atom. The lowest BCUT2D eigenvalue weighted by molar-refractivity contribution is 0.102. The summed E-state index contributed by atoms with van der Waals surface area (Å²) in [6.45, 7) is 12.4. The fourth-order valence-corrected chi connectivity index (χ4v) is 2.75. The highest BCUT2D eigenvalue weighted by atomic mass is 79.9. The number of hydrogen-bond donors (Lipinski definition) is 0. The van der Waals surface area contributed by atoms with Crippen LogP contribution in [-0.2, 0) is 5.41 Å². The van der Waals surface area contributed by atoms with E-state index in [4.69, 9.17) is 4.74 Å². The van der Waals surface area contributed by atoms with Crippen molar-refractivity contribution in [3.8, 4) is 5.75 Å². The third-order valence-corrected chi connectivity index (χ3v) is 4.14. The molecule has 0 saturated heterocycles. The Morgan fingerprint density at radius 1 is 1.24 bits per heavy atom. The van der Waals surface area contributed by atoms with E-state index in [0.717, 1.165) is 35.7 Å². The first-order valence-corrected chi connectivity index (χ1v) is 8.48. The second-order valence-corrected chi connectivity index (χ2v) is 6.62. The lowest BCUT2D eigenvalue weighted by Crippen LogP contribution is -2.25. The maximum Gasteiger partial charge on any atom is 0.173 e. The van der Waals surface area contributed by atoms with Gasteiger partial charge in [-0.2, -0.15) is 0 Å².